The van der Waals surface area contributed by atoms with Crippen LogP contribution in [0.2, 0.25) is 0 Å². The van der Waals surface area contributed by atoms with Crippen molar-refractivity contribution in [3.05, 3.63) is 29.3 Å². The summed E-state index contributed by atoms with van der Waals surface area (Å²) in [5.74, 6) is 1.03. The van der Waals surface area contributed by atoms with Gasteiger partial charge in [0, 0.05) is 25.0 Å². The number of ether oxygens (including phenoxy) is 2. The van der Waals surface area contributed by atoms with E-state index in [0.717, 1.165) is 36.3 Å². The maximum Gasteiger partial charge on any atom is 0.139 e. The minimum absolute atomic E-state index is 0.122. The van der Waals surface area contributed by atoms with Gasteiger partial charge < -0.3 is 9.47 Å². The molecule has 0 amide bonds. The molecule has 1 heterocycles. The van der Waals surface area contributed by atoms with Crippen molar-refractivity contribution in [3.63, 3.8) is 0 Å². The molecule has 0 aliphatic carbocycles. The zero-order valence-electron chi connectivity index (χ0n) is 11.8. The van der Waals surface area contributed by atoms with E-state index in [0.29, 0.717) is 12.8 Å². The molecule has 0 bridgehead atoms. The van der Waals surface area contributed by atoms with Crippen LogP contribution >= 0.6 is 0 Å². The van der Waals surface area contributed by atoms with E-state index < -0.39 is 0 Å². The van der Waals surface area contributed by atoms with Gasteiger partial charge >= 0.3 is 0 Å². The molecule has 0 N–H and O–H groups in total. The Hall–Kier alpha value is -1.35. The van der Waals surface area contributed by atoms with Crippen molar-refractivity contribution in [2.75, 3.05) is 13.7 Å². The largest absolute Gasteiger partial charge is 0.496 e. The number of aryl methyl sites for hydroxylation is 1. The van der Waals surface area contributed by atoms with Crippen LogP contribution in [0, 0.1) is 6.92 Å². The van der Waals surface area contributed by atoms with E-state index in [1.54, 1.807) is 7.11 Å². The number of benzene rings is 1. The topological polar surface area (TPSA) is 35.5 Å². The summed E-state index contributed by atoms with van der Waals surface area (Å²) in [5, 5.41) is 0. The Balaban J connectivity index is 1.95. The quantitative estimate of drug-likeness (QED) is 0.818. The molecule has 1 aromatic carbocycles. The number of hydrogen-bond acceptors (Lipinski definition) is 3. The lowest BCUT2D eigenvalue weighted by Crippen LogP contribution is -2.23. The fraction of sp³-hybridized carbons (Fsp3) is 0.562. The number of hydrogen-bond donors (Lipinski definition) is 0. The highest BCUT2D eigenvalue weighted by molar-refractivity contribution is 5.82. The lowest BCUT2D eigenvalue weighted by Gasteiger charge is -2.22. The van der Waals surface area contributed by atoms with Crippen molar-refractivity contribution in [2.45, 2.75) is 45.1 Å². The van der Waals surface area contributed by atoms with Gasteiger partial charge in [0.15, 0.2) is 0 Å². The van der Waals surface area contributed by atoms with Gasteiger partial charge in [0.1, 0.15) is 11.5 Å². The summed E-state index contributed by atoms with van der Waals surface area (Å²) < 4.78 is 10.9. The van der Waals surface area contributed by atoms with Gasteiger partial charge in [-0.3, -0.25) is 4.79 Å². The molecule has 1 atom stereocenters. The Labute approximate surface area is 114 Å². The van der Waals surface area contributed by atoms with Crippen LogP contribution in [-0.4, -0.2) is 25.6 Å². The Kier molecular flexibility index (Phi) is 4.97. The van der Waals surface area contributed by atoms with E-state index >= 15 is 0 Å². The molecule has 1 fully saturated rings. The zero-order chi connectivity index (χ0) is 13.7. The van der Waals surface area contributed by atoms with Gasteiger partial charge in [-0.25, -0.2) is 0 Å². The average Bonchev–Trinajstić information content (AvgIpc) is 2.40. The summed E-state index contributed by atoms with van der Waals surface area (Å²) in [5.41, 5.74) is 2.13. The first-order chi connectivity index (χ1) is 9.19. The van der Waals surface area contributed by atoms with Gasteiger partial charge in [0.05, 0.1) is 13.2 Å². The van der Waals surface area contributed by atoms with Crippen molar-refractivity contribution < 1.29 is 14.3 Å². The lowest BCUT2D eigenvalue weighted by molar-refractivity contribution is -0.122. The van der Waals surface area contributed by atoms with Crippen molar-refractivity contribution in [1.29, 1.82) is 0 Å². The second-order valence-electron chi connectivity index (χ2n) is 5.22. The summed E-state index contributed by atoms with van der Waals surface area (Å²) in [7, 11) is 1.64. The van der Waals surface area contributed by atoms with Crippen LogP contribution in [0.1, 0.15) is 36.8 Å². The zero-order valence-corrected chi connectivity index (χ0v) is 11.8. The minimum atomic E-state index is 0.122. The number of carbonyl (C=O) groups is 1. The molecule has 1 aromatic rings. The van der Waals surface area contributed by atoms with Gasteiger partial charge in [-0.2, -0.15) is 0 Å². The second-order valence-corrected chi connectivity index (χ2v) is 5.22. The van der Waals surface area contributed by atoms with Crippen LogP contribution in [0.25, 0.3) is 0 Å². The van der Waals surface area contributed by atoms with Crippen LogP contribution < -0.4 is 4.74 Å². The first kappa shape index (κ1) is 14.1. The average molecular weight is 262 g/mol. The Morgan fingerprint density at radius 1 is 1.42 bits per heavy atom. The highest BCUT2D eigenvalue weighted by Crippen LogP contribution is 2.22. The first-order valence-electron chi connectivity index (χ1n) is 6.96. The van der Waals surface area contributed by atoms with E-state index in [2.05, 4.69) is 0 Å². The monoisotopic (exact) mass is 262 g/mol. The predicted molar refractivity (Wildman–Crippen MR) is 74.7 cm³/mol. The van der Waals surface area contributed by atoms with E-state index in [4.69, 9.17) is 9.47 Å². The van der Waals surface area contributed by atoms with Crippen LogP contribution in [0.3, 0.4) is 0 Å². The van der Waals surface area contributed by atoms with Crippen molar-refractivity contribution >= 4 is 5.78 Å². The number of ketones is 1. The summed E-state index contributed by atoms with van der Waals surface area (Å²) in [6, 6.07) is 5.95. The number of Topliss-reactive ketones (excluding diaryl/α,β-unsaturated/α-hetero) is 1. The molecule has 1 unspecified atom stereocenters. The van der Waals surface area contributed by atoms with Gasteiger partial charge in [-0.15, -0.1) is 0 Å². The van der Waals surface area contributed by atoms with E-state index in [1.165, 1.54) is 6.42 Å². The van der Waals surface area contributed by atoms with E-state index in [9.17, 15) is 4.79 Å². The van der Waals surface area contributed by atoms with Crippen LogP contribution in [0.5, 0.6) is 5.75 Å². The molecule has 0 aromatic heterocycles. The summed E-state index contributed by atoms with van der Waals surface area (Å²) >= 11 is 0. The molecule has 1 aliphatic heterocycles. The Morgan fingerprint density at radius 3 is 2.95 bits per heavy atom. The van der Waals surface area contributed by atoms with Crippen molar-refractivity contribution in [2.24, 2.45) is 0 Å². The first-order valence-corrected chi connectivity index (χ1v) is 6.96. The van der Waals surface area contributed by atoms with Crippen LogP contribution in [0.4, 0.5) is 0 Å². The smallest absolute Gasteiger partial charge is 0.139 e. The molecule has 1 saturated heterocycles. The fourth-order valence-corrected chi connectivity index (χ4v) is 2.55. The molecule has 19 heavy (non-hydrogen) atoms. The highest BCUT2D eigenvalue weighted by Gasteiger charge is 2.18. The molecule has 3 nitrogen and oxygen atoms in total. The van der Waals surface area contributed by atoms with Crippen molar-refractivity contribution in [1.82, 2.24) is 0 Å². The molecule has 1 aliphatic rings. The molecular formula is C16H22O3. The second kappa shape index (κ2) is 6.71. The third-order valence-electron chi connectivity index (χ3n) is 3.55. The molecule has 0 radical (unpaired) electrons. The summed E-state index contributed by atoms with van der Waals surface area (Å²) in [4.78, 5) is 12.1. The maximum absolute atomic E-state index is 12.1. The molecular weight excluding hydrogens is 240 g/mol. The molecule has 104 valence electrons. The minimum Gasteiger partial charge on any atom is -0.496 e. The van der Waals surface area contributed by atoms with Gasteiger partial charge in [0.25, 0.3) is 0 Å². The highest BCUT2D eigenvalue weighted by atomic mass is 16.5. The summed E-state index contributed by atoms with van der Waals surface area (Å²) in [6.45, 7) is 2.82. The van der Waals surface area contributed by atoms with Gasteiger partial charge in [0.2, 0.25) is 0 Å². The molecule has 0 saturated carbocycles. The van der Waals surface area contributed by atoms with E-state index in [1.807, 2.05) is 25.1 Å². The molecule has 3 heteroatoms. The SMILES string of the molecule is COc1ccc(C)cc1CC(=O)CC1CCCCO1. The van der Waals surface area contributed by atoms with E-state index in [-0.39, 0.29) is 11.9 Å². The summed E-state index contributed by atoms with van der Waals surface area (Å²) in [6.07, 6.45) is 4.39. The van der Waals surface area contributed by atoms with Crippen molar-refractivity contribution in [3.8, 4) is 5.75 Å². The molecule has 0 spiro atoms. The lowest BCUT2D eigenvalue weighted by atomic mass is 9.99. The maximum atomic E-state index is 12.1. The standard InChI is InChI=1S/C16H22O3/c1-12-6-7-16(18-2)13(9-12)10-14(17)11-15-5-3-4-8-19-15/h6-7,9,15H,3-5,8,10-11H2,1-2H3. The van der Waals surface area contributed by atoms with Gasteiger partial charge in [-0.1, -0.05) is 17.7 Å². The van der Waals surface area contributed by atoms with Gasteiger partial charge in [-0.05, 0) is 32.3 Å². The number of methoxy groups -OCH3 is 1. The normalized spacial score (nSPS) is 19.2. The number of carbonyl (C=O) groups excluding carboxylic acids is 1. The molecule has 2 rings (SSSR count). The third kappa shape index (κ3) is 4.06. The Morgan fingerprint density at radius 2 is 2.26 bits per heavy atom. The Bertz CT molecular complexity index is 434. The third-order valence-corrected chi connectivity index (χ3v) is 3.55. The predicted octanol–water partition coefficient (Wildman–Crippen LogP) is 3.07. The fourth-order valence-electron chi connectivity index (χ4n) is 2.55. The van der Waals surface area contributed by atoms with Crippen LogP contribution in [0.15, 0.2) is 18.2 Å². The number of rotatable bonds is 5. The van der Waals surface area contributed by atoms with Crippen LogP contribution in [-0.2, 0) is 16.0 Å².